The van der Waals surface area contributed by atoms with Crippen molar-refractivity contribution in [2.45, 2.75) is 65.8 Å². The van der Waals surface area contributed by atoms with E-state index >= 15 is 0 Å². The van der Waals surface area contributed by atoms with Gasteiger partial charge >= 0.3 is 0 Å². The van der Waals surface area contributed by atoms with Crippen LogP contribution in [0.1, 0.15) is 52.5 Å². The smallest absolute Gasteiger partial charge is 0.0785 e. The average molecular weight is 361 g/mol. The summed E-state index contributed by atoms with van der Waals surface area (Å²) in [7, 11) is 0. The Labute approximate surface area is 160 Å². The molecule has 0 bridgehead atoms. The number of benzene rings is 1. The minimum absolute atomic E-state index is 0.0588. The highest BCUT2D eigenvalue weighted by Gasteiger charge is 2.08. The minimum Gasteiger partial charge on any atom is -0.374 e. The highest BCUT2D eigenvalue weighted by atomic mass is 16.6. The summed E-state index contributed by atoms with van der Waals surface area (Å²) in [5, 5.41) is 0. The van der Waals surface area contributed by atoms with Crippen LogP contribution in [0.3, 0.4) is 0 Å². The second-order valence-corrected chi connectivity index (χ2v) is 7.17. The molecule has 0 heterocycles. The van der Waals surface area contributed by atoms with E-state index in [0.717, 1.165) is 19.3 Å². The molecule has 0 N–H and O–H groups in total. The highest BCUT2D eigenvalue weighted by molar-refractivity contribution is 5.13. The Balaban J connectivity index is 2.08. The lowest BCUT2D eigenvalue weighted by molar-refractivity contribution is -0.0557. The SMILES string of the molecule is C=C(C)CCC/C=C(\C)COC(C)COC(C)COCc1ccccc1. The Kier molecular flexibility index (Phi) is 12.0. The number of hydrogen-bond donors (Lipinski definition) is 0. The fraction of sp³-hybridized carbons (Fsp3) is 0.565. The first-order valence-corrected chi connectivity index (χ1v) is 9.62. The molecule has 146 valence electrons. The molecule has 0 amide bonds. The van der Waals surface area contributed by atoms with Crippen molar-refractivity contribution < 1.29 is 14.2 Å². The Morgan fingerprint density at radius 1 is 1.04 bits per heavy atom. The molecule has 0 aliphatic rings. The largest absolute Gasteiger partial charge is 0.374 e. The fourth-order valence-corrected chi connectivity index (χ4v) is 2.40. The van der Waals surface area contributed by atoms with Gasteiger partial charge in [0.05, 0.1) is 38.6 Å². The molecule has 3 nitrogen and oxygen atoms in total. The van der Waals surface area contributed by atoms with Crippen molar-refractivity contribution in [3.8, 4) is 0 Å². The zero-order valence-electron chi connectivity index (χ0n) is 17.0. The molecule has 0 aliphatic heterocycles. The van der Waals surface area contributed by atoms with E-state index in [1.807, 2.05) is 32.0 Å². The Morgan fingerprint density at radius 2 is 1.73 bits per heavy atom. The van der Waals surface area contributed by atoms with Gasteiger partial charge in [-0.2, -0.15) is 0 Å². The van der Waals surface area contributed by atoms with Crippen LogP contribution in [-0.4, -0.2) is 32.0 Å². The Hall–Kier alpha value is -1.42. The fourth-order valence-electron chi connectivity index (χ4n) is 2.40. The third kappa shape index (κ3) is 12.0. The molecule has 0 fully saturated rings. The molecule has 0 aromatic heterocycles. The van der Waals surface area contributed by atoms with Crippen molar-refractivity contribution in [2.75, 3.05) is 19.8 Å². The summed E-state index contributed by atoms with van der Waals surface area (Å²) in [5.41, 5.74) is 3.71. The first-order chi connectivity index (χ1) is 12.5. The predicted octanol–water partition coefficient (Wildman–Crippen LogP) is 5.71. The van der Waals surface area contributed by atoms with Gasteiger partial charge in [0.15, 0.2) is 0 Å². The van der Waals surface area contributed by atoms with Gasteiger partial charge in [0.2, 0.25) is 0 Å². The van der Waals surface area contributed by atoms with E-state index < -0.39 is 0 Å². The van der Waals surface area contributed by atoms with Gasteiger partial charge in [-0.1, -0.05) is 47.6 Å². The normalized spacial score (nSPS) is 14.2. The van der Waals surface area contributed by atoms with Crippen LogP contribution in [0.4, 0.5) is 0 Å². The first kappa shape index (κ1) is 22.6. The van der Waals surface area contributed by atoms with Crippen molar-refractivity contribution in [3.05, 3.63) is 59.7 Å². The predicted molar refractivity (Wildman–Crippen MR) is 109 cm³/mol. The summed E-state index contributed by atoms with van der Waals surface area (Å²) >= 11 is 0. The number of unbranched alkanes of at least 4 members (excludes halogenated alkanes) is 1. The summed E-state index contributed by atoms with van der Waals surface area (Å²) in [6.07, 6.45) is 5.73. The summed E-state index contributed by atoms with van der Waals surface area (Å²) in [4.78, 5) is 0. The first-order valence-electron chi connectivity index (χ1n) is 9.62. The summed E-state index contributed by atoms with van der Waals surface area (Å²) in [6.45, 7) is 14.7. The van der Waals surface area contributed by atoms with Crippen LogP contribution < -0.4 is 0 Å². The number of ether oxygens (including phenoxy) is 3. The van der Waals surface area contributed by atoms with Crippen LogP contribution in [0.25, 0.3) is 0 Å². The molecule has 1 rings (SSSR count). The van der Waals surface area contributed by atoms with E-state index in [-0.39, 0.29) is 12.2 Å². The molecule has 0 spiro atoms. The maximum absolute atomic E-state index is 5.85. The van der Waals surface area contributed by atoms with Gasteiger partial charge in [-0.15, -0.1) is 6.58 Å². The Morgan fingerprint density at radius 3 is 2.42 bits per heavy atom. The van der Waals surface area contributed by atoms with E-state index in [2.05, 4.69) is 38.6 Å². The van der Waals surface area contributed by atoms with Gasteiger partial charge in [-0.3, -0.25) is 0 Å². The molecule has 1 aromatic carbocycles. The average Bonchev–Trinajstić information content (AvgIpc) is 2.62. The van der Waals surface area contributed by atoms with Crippen LogP contribution in [0.15, 0.2) is 54.1 Å². The van der Waals surface area contributed by atoms with Crippen molar-refractivity contribution >= 4 is 0 Å². The van der Waals surface area contributed by atoms with Crippen molar-refractivity contribution in [3.63, 3.8) is 0 Å². The maximum atomic E-state index is 5.85. The highest BCUT2D eigenvalue weighted by Crippen LogP contribution is 2.08. The van der Waals surface area contributed by atoms with Gasteiger partial charge in [-0.25, -0.2) is 0 Å². The molecular formula is C23H36O3. The molecule has 26 heavy (non-hydrogen) atoms. The van der Waals surface area contributed by atoms with E-state index in [0.29, 0.717) is 26.4 Å². The van der Waals surface area contributed by atoms with Crippen molar-refractivity contribution in [1.29, 1.82) is 0 Å². The number of hydrogen-bond acceptors (Lipinski definition) is 3. The molecule has 2 unspecified atom stereocenters. The zero-order valence-corrected chi connectivity index (χ0v) is 17.0. The van der Waals surface area contributed by atoms with Crippen LogP contribution in [0, 0.1) is 0 Å². The topological polar surface area (TPSA) is 27.7 Å². The second-order valence-electron chi connectivity index (χ2n) is 7.17. The zero-order chi connectivity index (χ0) is 19.2. The molecular weight excluding hydrogens is 324 g/mol. The molecule has 0 radical (unpaired) electrons. The van der Waals surface area contributed by atoms with Crippen molar-refractivity contribution in [1.82, 2.24) is 0 Å². The molecule has 1 aromatic rings. The van der Waals surface area contributed by atoms with E-state index in [4.69, 9.17) is 14.2 Å². The molecule has 0 saturated carbocycles. The summed E-state index contributed by atoms with van der Waals surface area (Å²) < 4.78 is 17.4. The maximum Gasteiger partial charge on any atom is 0.0785 e. The van der Waals surface area contributed by atoms with Gasteiger partial charge in [-0.05, 0) is 52.5 Å². The van der Waals surface area contributed by atoms with Crippen LogP contribution >= 0.6 is 0 Å². The summed E-state index contributed by atoms with van der Waals surface area (Å²) in [6, 6.07) is 10.2. The van der Waals surface area contributed by atoms with Gasteiger partial charge in [0, 0.05) is 0 Å². The van der Waals surface area contributed by atoms with Crippen LogP contribution in [0.5, 0.6) is 0 Å². The van der Waals surface area contributed by atoms with Crippen molar-refractivity contribution in [2.24, 2.45) is 0 Å². The molecule has 3 heteroatoms. The van der Waals surface area contributed by atoms with E-state index in [1.165, 1.54) is 16.7 Å². The van der Waals surface area contributed by atoms with E-state index in [1.54, 1.807) is 0 Å². The third-order valence-electron chi connectivity index (χ3n) is 3.98. The van der Waals surface area contributed by atoms with Gasteiger partial charge in [0.25, 0.3) is 0 Å². The molecule has 0 aliphatic carbocycles. The van der Waals surface area contributed by atoms with Gasteiger partial charge in [0.1, 0.15) is 0 Å². The van der Waals surface area contributed by atoms with E-state index in [9.17, 15) is 0 Å². The Bertz CT molecular complexity index is 522. The minimum atomic E-state index is 0.0588. The third-order valence-corrected chi connectivity index (χ3v) is 3.98. The summed E-state index contributed by atoms with van der Waals surface area (Å²) in [5.74, 6) is 0. The lowest BCUT2D eigenvalue weighted by Crippen LogP contribution is -2.23. The standard InChI is InChI=1S/C23H36O3/c1-19(2)11-9-10-12-20(3)15-25-22(5)17-26-21(4)16-24-18-23-13-7-6-8-14-23/h6-8,12-14,21-22H,1,9-11,15-18H2,2-5H3/b20-12+. The van der Waals surface area contributed by atoms with Crippen LogP contribution in [-0.2, 0) is 20.8 Å². The van der Waals surface area contributed by atoms with Gasteiger partial charge < -0.3 is 14.2 Å². The van der Waals surface area contributed by atoms with Crippen LogP contribution in [0.2, 0.25) is 0 Å². The molecule has 2 atom stereocenters. The second kappa shape index (κ2) is 13.7. The molecule has 0 saturated heterocycles. The lowest BCUT2D eigenvalue weighted by Gasteiger charge is -2.18. The monoisotopic (exact) mass is 360 g/mol. The lowest BCUT2D eigenvalue weighted by atomic mass is 10.1. The number of rotatable bonds is 14. The quantitative estimate of drug-likeness (QED) is 0.314. The number of allylic oxidation sites excluding steroid dienone is 2.